The Balaban J connectivity index is 4.40. The van der Waals surface area contributed by atoms with E-state index in [0.29, 0.717) is 6.42 Å². The molecule has 0 aromatic carbocycles. The molecule has 0 saturated heterocycles. The quantitative estimate of drug-likeness (QED) is 0.560. The van der Waals surface area contributed by atoms with E-state index >= 15 is 0 Å². The van der Waals surface area contributed by atoms with Crippen LogP contribution < -0.4 is 16.4 Å². The number of carbonyl (C=O) groups is 3. The van der Waals surface area contributed by atoms with Crippen LogP contribution in [0.4, 0.5) is 0 Å². The van der Waals surface area contributed by atoms with Gasteiger partial charge in [0, 0.05) is 6.92 Å². The van der Waals surface area contributed by atoms with Crippen LogP contribution in [0, 0.1) is 0 Å². The second kappa shape index (κ2) is 7.94. The SMILES string of the molecule is CSCC[C@H](NC(C)=O)C(=O)N[C@@H](C)C(N)=O. The number of rotatable bonds is 7. The minimum Gasteiger partial charge on any atom is -0.368 e. The number of hydrogen-bond donors (Lipinski definition) is 3. The molecule has 0 bridgehead atoms. The fourth-order valence-electron chi connectivity index (χ4n) is 1.13. The molecular weight excluding hydrogens is 242 g/mol. The van der Waals surface area contributed by atoms with Gasteiger partial charge in [-0.3, -0.25) is 14.4 Å². The van der Waals surface area contributed by atoms with E-state index in [2.05, 4.69) is 10.6 Å². The van der Waals surface area contributed by atoms with Crippen LogP contribution in [0.2, 0.25) is 0 Å². The van der Waals surface area contributed by atoms with Crippen LogP contribution in [0.15, 0.2) is 0 Å². The van der Waals surface area contributed by atoms with Crippen molar-refractivity contribution in [2.45, 2.75) is 32.4 Å². The largest absolute Gasteiger partial charge is 0.368 e. The lowest BCUT2D eigenvalue weighted by Crippen LogP contribution is -2.51. The molecule has 0 aliphatic heterocycles. The number of nitrogens with one attached hydrogen (secondary N) is 2. The first-order valence-electron chi connectivity index (χ1n) is 5.24. The summed E-state index contributed by atoms with van der Waals surface area (Å²) in [5.74, 6) is -0.535. The lowest BCUT2D eigenvalue weighted by molar-refractivity contribution is -0.130. The van der Waals surface area contributed by atoms with Gasteiger partial charge in [-0.05, 0) is 25.4 Å². The Morgan fingerprint density at radius 2 is 1.88 bits per heavy atom. The summed E-state index contributed by atoms with van der Waals surface area (Å²) in [6, 6.07) is -1.37. The molecule has 0 aliphatic rings. The summed E-state index contributed by atoms with van der Waals surface area (Å²) in [6.07, 6.45) is 2.42. The molecule has 0 radical (unpaired) electrons. The highest BCUT2D eigenvalue weighted by molar-refractivity contribution is 7.98. The van der Waals surface area contributed by atoms with Gasteiger partial charge in [0.15, 0.2) is 0 Å². The Morgan fingerprint density at radius 3 is 2.29 bits per heavy atom. The molecule has 0 saturated carbocycles. The molecule has 0 aliphatic carbocycles. The van der Waals surface area contributed by atoms with Crippen molar-refractivity contribution in [3.05, 3.63) is 0 Å². The van der Waals surface area contributed by atoms with Crippen LogP contribution in [-0.2, 0) is 14.4 Å². The van der Waals surface area contributed by atoms with Crippen LogP contribution in [-0.4, -0.2) is 41.8 Å². The van der Waals surface area contributed by atoms with E-state index in [4.69, 9.17) is 5.73 Å². The summed E-state index contributed by atoms with van der Waals surface area (Å²) in [6.45, 7) is 2.84. The van der Waals surface area contributed by atoms with Crippen molar-refractivity contribution in [1.82, 2.24) is 10.6 Å². The van der Waals surface area contributed by atoms with Crippen molar-refractivity contribution in [2.75, 3.05) is 12.0 Å². The van der Waals surface area contributed by atoms with Crippen molar-refractivity contribution in [2.24, 2.45) is 5.73 Å². The minimum absolute atomic E-state index is 0.280. The van der Waals surface area contributed by atoms with E-state index < -0.39 is 18.0 Å². The van der Waals surface area contributed by atoms with Crippen molar-refractivity contribution >= 4 is 29.5 Å². The average molecular weight is 261 g/mol. The predicted molar refractivity (Wildman–Crippen MR) is 67.4 cm³/mol. The maximum Gasteiger partial charge on any atom is 0.243 e. The fourth-order valence-corrected chi connectivity index (χ4v) is 1.61. The van der Waals surface area contributed by atoms with E-state index in [9.17, 15) is 14.4 Å². The standard InChI is InChI=1S/C10H19N3O3S/c1-6(9(11)15)12-10(16)8(4-5-17-3)13-7(2)14/h6,8H,4-5H2,1-3H3,(H2,11,15)(H,12,16)(H,13,14)/t6-,8-/m0/s1. The topological polar surface area (TPSA) is 101 Å². The first kappa shape index (κ1) is 15.8. The molecular formula is C10H19N3O3S. The van der Waals surface area contributed by atoms with Gasteiger partial charge in [-0.2, -0.15) is 11.8 Å². The molecule has 7 heteroatoms. The highest BCUT2D eigenvalue weighted by atomic mass is 32.2. The first-order chi connectivity index (χ1) is 7.88. The normalized spacial score (nSPS) is 13.6. The van der Waals surface area contributed by atoms with E-state index in [1.807, 2.05) is 6.26 Å². The fraction of sp³-hybridized carbons (Fsp3) is 0.700. The predicted octanol–water partition coefficient (Wildman–Crippen LogP) is -0.766. The van der Waals surface area contributed by atoms with Crippen molar-refractivity contribution in [1.29, 1.82) is 0 Å². The molecule has 0 spiro atoms. The Hall–Kier alpha value is -1.24. The number of primary amides is 1. The number of thioether (sulfide) groups is 1. The highest BCUT2D eigenvalue weighted by Gasteiger charge is 2.21. The van der Waals surface area contributed by atoms with Crippen LogP contribution in [0.1, 0.15) is 20.3 Å². The average Bonchev–Trinajstić information content (AvgIpc) is 2.23. The van der Waals surface area contributed by atoms with E-state index in [1.54, 1.807) is 11.8 Å². The molecule has 0 fully saturated rings. The molecule has 98 valence electrons. The third-order valence-electron chi connectivity index (χ3n) is 2.09. The molecule has 6 nitrogen and oxygen atoms in total. The zero-order valence-electron chi connectivity index (χ0n) is 10.3. The molecule has 3 amide bonds. The number of hydrogen-bond acceptors (Lipinski definition) is 4. The van der Waals surface area contributed by atoms with Crippen molar-refractivity contribution in [3.63, 3.8) is 0 Å². The first-order valence-corrected chi connectivity index (χ1v) is 6.63. The molecule has 4 N–H and O–H groups in total. The Morgan fingerprint density at radius 1 is 1.29 bits per heavy atom. The van der Waals surface area contributed by atoms with Gasteiger partial charge in [-0.25, -0.2) is 0 Å². The summed E-state index contributed by atoms with van der Waals surface area (Å²) in [4.78, 5) is 33.5. The zero-order chi connectivity index (χ0) is 13.4. The third kappa shape index (κ3) is 6.83. The van der Waals surface area contributed by atoms with Gasteiger partial charge in [0.2, 0.25) is 17.7 Å². The maximum absolute atomic E-state index is 11.8. The van der Waals surface area contributed by atoms with Gasteiger partial charge in [-0.15, -0.1) is 0 Å². The van der Waals surface area contributed by atoms with Gasteiger partial charge in [0.05, 0.1) is 0 Å². The molecule has 0 heterocycles. The van der Waals surface area contributed by atoms with E-state index in [0.717, 1.165) is 5.75 Å². The highest BCUT2D eigenvalue weighted by Crippen LogP contribution is 2.01. The summed E-state index contributed by atoms with van der Waals surface area (Å²) in [5.41, 5.74) is 5.04. The summed E-state index contributed by atoms with van der Waals surface area (Å²) in [7, 11) is 0. The lowest BCUT2D eigenvalue weighted by Gasteiger charge is -2.19. The second-order valence-corrected chi connectivity index (χ2v) is 4.65. The summed E-state index contributed by atoms with van der Waals surface area (Å²) >= 11 is 1.58. The third-order valence-corrected chi connectivity index (χ3v) is 2.73. The Kier molecular flexibility index (Phi) is 7.36. The molecule has 0 unspecified atom stereocenters. The summed E-state index contributed by atoms with van der Waals surface area (Å²) in [5, 5.41) is 5.00. The van der Waals surface area contributed by atoms with Gasteiger partial charge in [0.1, 0.15) is 12.1 Å². The van der Waals surface area contributed by atoms with E-state index in [1.165, 1.54) is 13.8 Å². The van der Waals surface area contributed by atoms with Crippen LogP contribution in [0.5, 0.6) is 0 Å². The molecule has 0 aromatic rings. The summed E-state index contributed by atoms with van der Waals surface area (Å²) < 4.78 is 0. The van der Waals surface area contributed by atoms with Gasteiger partial charge < -0.3 is 16.4 Å². The van der Waals surface area contributed by atoms with E-state index in [-0.39, 0.29) is 11.8 Å². The molecule has 0 aromatic heterocycles. The monoisotopic (exact) mass is 261 g/mol. The number of amides is 3. The number of nitrogens with two attached hydrogens (primary N) is 1. The Bertz CT molecular complexity index is 297. The van der Waals surface area contributed by atoms with Crippen molar-refractivity contribution in [3.8, 4) is 0 Å². The zero-order valence-corrected chi connectivity index (χ0v) is 11.1. The maximum atomic E-state index is 11.8. The minimum atomic E-state index is -0.743. The molecule has 17 heavy (non-hydrogen) atoms. The van der Waals surface area contributed by atoms with Gasteiger partial charge in [0.25, 0.3) is 0 Å². The van der Waals surface area contributed by atoms with Gasteiger partial charge >= 0.3 is 0 Å². The second-order valence-electron chi connectivity index (χ2n) is 3.67. The van der Waals surface area contributed by atoms with Crippen LogP contribution >= 0.6 is 11.8 Å². The van der Waals surface area contributed by atoms with Crippen LogP contribution in [0.25, 0.3) is 0 Å². The van der Waals surface area contributed by atoms with Gasteiger partial charge in [-0.1, -0.05) is 0 Å². The molecule has 0 rings (SSSR count). The molecule has 2 atom stereocenters. The lowest BCUT2D eigenvalue weighted by atomic mass is 10.2. The van der Waals surface area contributed by atoms with Crippen molar-refractivity contribution < 1.29 is 14.4 Å². The Labute approximate surface area is 105 Å². The smallest absolute Gasteiger partial charge is 0.243 e. The number of carbonyl (C=O) groups excluding carboxylic acids is 3. The van der Waals surface area contributed by atoms with Crippen LogP contribution in [0.3, 0.4) is 0 Å².